The number of Topliss-reactive ketones (excluding diaryl/α,β-unsaturated/α-hetero) is 2. The number of carbonyl (C=O) groups excluding carboxylic acids is 4. The zero-order valence-corrected chi connectivity index (χ0v) is 37.7. The highest BCUT2D eigenvalue weighted by molar-refractivity contribution is 7.99. The number of aliphatic hydroxyl groups is 1. The van der Waals surface area contributed by atoms with E-state index in [4.69, 9.17) is 9.47 Å². The summed E-state index contributed by atoms with van der Waals surface area (Å²) in [6.07, 6.45) is 1.26. The van der Waals surface area contributed by atoms with Gasteiger partial charge in [-0.3, -0.25) is 19.2 Å². The van der Waals surface area contributed by atoms with Gasteiger partial charge in [0, 0.05) is 34.1 Å². The highest BCUT2D eigenvalue weighted by Gasteiger charge is 2.45. The minimum Gasteiger partial charge on any atom is -0.468 e. The number of cyclic esters (lactones) is 1. The first-order valence-corrected chi connectivity index (χ1v) is 21.8. The summed E-state index contributed by atoms with van der Waals surface area (Å²) in [7, 11) is 1.29. The van der Waals surface area contributed by atoms with Gasteiger partial charge in [0.15, 0.2) is 11.6 Å². The van der Waals surface area contributed by atoms with E-state index in [2.05, 4.69) is 55.5 Å². The average Bonchev–Trinajstić information content (AvgIpc) is 3.11. The molecule has 58 heavy (non-hydrogen) atoms. The Morgan fingerprint density at radius 2 is 1.24 bits per heavy atom. The number of thioether (sulfide) groups is 2. The number of methoxy groups -OCH3 is 1. The van der Waals surface area contributed by atoms with Crippen molar-refractivity contribution in [2.24, 2.45) is 0 Å². The van der Waals surface area contributed by atoms with Crippen LogP contribution in [-0.2, 0) is 28.7 Å². The van der Waals surface area contributed by atoms with Gasteiger partial charge in [0.05, 0.1) is 12.7 Å². The molecule has 1 saturated heterocycles. The van der Waals surface area contributed by atoms with E-state index in [0.29, 0.717) is 24.2 Å². The van der Waals surface area contributed by atoms with Gasteiger partial charge >= 0.3 is 11.9 Å². The van der Waals surface area contributed by atoms with Crippen LogP contribution in [0.2, 0.25) is 0 Å². The molecular formula is C49H60O7S2. The van der Waals surface area contributed by atoms with Gasteiger partial charge in [-0.25, -0.2) is 0 Å². The first kappa shape index (κ1) is 46.5. The van der Waals surface area contributed by atoms with Gasteiger partial charge in [-0.15, -0.1) is 23.5 Å². The standard InChI is InChI=1S/C25H32O4S.C24H28O3S/c1-16-7-9-20(10-8-16)30-12-11-25(5,28)15-21(26)23(24(27)29-6)22-18(3)13-17(2)14-19(22)4;1-15-6-8-19(9-7-15)28-11-10-24(5)14-20(25)22(23(26)27-24)21-17(3)12-16(2)13-18(21)4/h7-10,13-14,23,28H,11-12,15H2,1-6H3;6-9,12-13,22H,10-11,14H2,1-5H3. The van der Waals surface area contributed by atoms with Crippen LogP contribution >= 0.6 is 23.5 Å². The predicted octanol–water partition coefficient (Wildman–Crippen LogP) is 10.5. The molecule has 5 rings (SSSR count). The number of rotatable bonds is 14. The Morgan fingerprint density at radius 1 is 0.776 bits per heavy atom. The lowest BCUT2D eigenvalue weighted by Crippen LogP contribution is -2.45. The van der Waals surface area contributed by atoms with Crippen molar-refractivity contribution in [2.45, 2.75) is 128 Å². The SMILES string of the molecule is COC(=O)C(C(=O)CC(C)(O)CCSc1ccc(C)cc1)c1c(C)cc(C)cc1C.Cc1ccc(SCCC2(C)CC(=O)C(c3c(C)cc(C)cc3C)C(=O)O2)cc1. The van der Waals surface area contributed by atoms with Crippen molar-refractivity contribution in [3.05, 3.63) is 128 Å². The Bertz CT molecular complexity index is 2040. The second kappa shape index (κ2) is 20.2. The number of carbonyl (C=O) groups is 4. The zero-order valence-electron chi connectivity index (χ0n) is 36.0. The average molecular weight is 825 g/mol. The van der Waals surface area contributed by atoms with E-state index >= 15 is 0 Å². The van der Waals surface area contributed by atoms with E-state index in [9.17, 15) is 24.3 Å². The minimum absolute atomic E-state index is 0.0332. The third-order valence-electron chi connectivity index (χ3n) is 10.7. The fourth-order valence-corrected chi connectivity index (χ4v) is 9.99. The Labute approximate surface area is 354 Å². The van der Waals surface area contributed by atoms with Crippen LogP contribution in [0.15, 0.2) is 82.6 Å². The molecule has 0 spiro atoms. The first-order valence-electron chi connectivity index (χ1n) is 19.9. The number of esters is 2. The van der Waals surface area contributed by atoms with Crippen molar-refractivity contribution in [3.8, 4) is 0 Å². The molecule has 4 atom stereocenters. The van der Waals surface area contributed by atoms with Gasteiger partial charge in [0.25, 0.3) is 0 Å². The van der Waals surface area contributed by atoms with Crippen LogP contribution in [0.1, 0.15) is 107 Å². The van der Waals surface area contributed by atoms with Crippen molar-refractivity contribution in [3.63, 3.8) is 0 Å². The molecular weight excluding hydrogens is 765 g/mol. The molecule has 1 aliphatic rings. The number of hydrogen-bond acceptors (Lipinski definition) is 9. The Hall–Kier alpha value is -4.18. The van der Waals surface area contributed by atoms with Crippen LogP contribution in [0, 0.1) is 55.4 Å². The molecule has 0 aromatic heterocycles. The van der Waals surface area contributed by atoms with Gasteiger partial charge in [-0.2, -0.15) is 0 Å². The van der Waals surface area contributed by atoms with E-state index < -0.39 is 35.0 Å². The quantitative estimate of drug-likeness (QED) is 0.0755. The van der Waals surface area contributed by atoms with Gasteiger partial charge in [-0.05, 0) is 140 Å². The fourth-order valence-electron chi connectivity index (χ4n) is 7.79. The summed E-state index contributed by atoms with van der Waals surface area (Å²) in [6, 6.07) is 24.5. The summed E-state index contributed by atoms with van der Waals surface area (Å²) in [6.45, 7) is 19.4. The van der Waals surface area contributed by atoms with E-state index in [1.165, 1.54) is 23.1 Å². The van der Waals surface area contributed by atoms with E-state index in [-0.39, 0.29) is 24.4 Å². The topological polar surface area (TPSA) is 107 Å². The maximum absolute atomic E-state index is 13.2. The molecule has 1 fully saturated rings. The highest BCUT2D eigenvalue weighted by atomic mass is 32.2. The molecule has 1 heterocycles. The summed E-state index contributed by atoms with van der Waals surface area (Å²) in [5.41, 5.74) is 7.93. The molecule has 310 valence electrons. The summed E-state index contributed by atoms with van der Waals surface area (Å²) in [5.74, 6) is -1.68. The van der Waals surface area contributed by atoms with Crippen molar-refractivity contribution < 1.29 is 33.8 Å². The molecule has 4 aromatic carbocycles. The lowest BCUT2D eigenvalue weighted by Gasteiger charge is -2.36. The lowest BCUT2D eigenvalue weighted by molar-refractivity contribution is -0.171. The van der Waals surface area contributed by atoms with Crippen molar-refractivity contribution in [2.75, 3.05) is 18.6 Å². The number of hydrogen-bond donors (Lipinski definition) is 1. The molecule has 0 bridgehead atoms. The highest BCUT2D eigenvalue weighted by Crippen LogP contribution is 2.38. The molecule has 4 unspecified atom stereocenters. The molecule has 1 N–H and O–H groups in total. The normalized spacial score (nSPS) is 18.0. The number of benzene rings is 4. The van der Waals surface area contributed by atoms with Gasteiger partial charge in [-0.1, -0.05) is 70.8 Å². The van der Waals surface area contributed by atoms with Gasteiger partial charge in [0.1, 0.15) is 17.4 Å². The smallest absolute Gasteiger partial charge is 0.321 e. The monoisotopic (exact) mass is 824 g/mol. The van der Waals surface area contributed by atoms with Crippen LogP contribution in [0.3, 0.4) is 0 Å². The fraction of sp³-hybridized carbons (Fsp3) is 0.429. The Kier molecular flexibility index (Phi) is 16.2. The number of ketones is 2. The third kappa shape index (κ3) is 12.7. The van der Waals surface area contributed by atoms with Gasteiger partial charge < -0.3 is 14.6 Å². The van der Waals surface area contributed by atoms with E-state index in [0.717, 1.165) is 49.6 Å². The minimum atomic E-state index is -1.20. The maximum atomic E-state index is 13.2. The van der Waals surface area contributed by atoms with Crippen LogP contribution in [-0.4, -0.2) is 58.4 Å². The number of ether oxygens (including phenoxy) is 2. The molecule has 0 saturated carbocycles. The van der Waals surface area contributed by atoms with E-state index in [1.807, 2.05) is 79.7 Å². The largest absolute Gasteiger partial charge is 0.468 e. The Morgan fingerprint density at radius 3 is 1.71 bits per heavy atom. The number of aryl methyl sites for hydroxylation is 8. The zero-order chi connectivity index (χ0) is 42.9. The molecule has 4 aromatic rings. The second-order valence-corrected chi connectivity index (χ2v) is 18.8. The van der Waals surface area contributed by atoms with Crippen molar-refractivity contribution >= 4 is 47.0 Å². The molecule has 0 amide bonds. The van der Waals surface area contributed by atoms with Crippen LogP contribution in [0.25, 0.3) is 0 Å². The molecule has 7 nitrogen and oxygen atoms in total. The summed E-state index contributed by atoms with van der Waals surface area (Å²) < 4.78 is 10.8. The van der Waals surface area contributed by atoms with Crippen molar-refractivity contribution in [1.82, 2.24) is 0 Å². The summed E-state index contributed by atoms with van der Waals surface area (Å²) >= 11 is 3.37. The summed E-state index contributed by atoms with van der Waals surface area (Å²) in [4.78, 5) is 53.8. The van der Waals surface area contributed by atoms with Crippen LogP contribution < -0.4 is 0 Å². The molecule has 0 aliphatic carbocycles. The lowest BCUT2D eigenvalue weighted by atomic mass is 9.80. The predicted molar refractivity (Wildman–Crippen MR) is 236 cm³/mol. The molecule has 1 aliphatic heterocycles. The van der Waals surface area contributed by atoms with E-state index in [1.54, 1.807) is 30.4 Å². The summed E-state index contributed by atoms with van der Waals surface area (Å²) in [5, 5.41) is 10.9. The molecule has 9 heteroatoms. The Balaban J connectivity index is 0.000000257. The third-order valence-corrected chi connectivity index (χ3v) is 12.7. The maximum Gasteiger partial charge on any atom is 0.321 e. The van der Waals surface area contributed by atoms with Crippen LogP contribution in [0.5, 0.6) is 0 Å². The van der Waals surface area contributed by atoms with Crippen molar-refractivity contribution in [1.29, 1.82) is 0 Å². The second-order valence-electron chi connectivity index (χ2n) is 16.5. The molecule has 0 radical (unpaired) electrons. The van der Waals surface area contributed by atoms with Crippen LogP contribution in [0.4, 0.5) is 0 Å². The van der Waals surface area contributed by atoms with Gasteiger partial charge in [0.2, 0.25) is 0 Å². The first-order chi connectivity index (χ1) is 27.2.